The number of hydrogen-bond acceptors (Lipinski definition) is 4. The highest BCUT2D eigenvalue weighted by Crippen LogP contribution is 2.37. The molecule has 7 heteroatoms. The van der Waals surface area contributed by atoms with Crippen molar-refractivity contribution in [2.75, 3.05) is 18.1 Å². The lowest BCUT2D eigenvalue weighted by Crippen LogP contribution is -2.37. The Bertz CT molecular complexity index is 1120. The van der Waals surface area contributed by atoms with Crippen molar-refractivity contribution in [3.05, 3.63) is 62.7 Å². The van der Waals surface area contributed by atoms with Gasteiger partial charge in [-0.2, -0.15) is 4.98 Å². The zero-order chi connectivity index (χ0) is 20.1. The van der Waals surface area contributed by atoms with Crippen molar-refractivity contribution in [2.45, 2.75) is 32.9 Å². The standard InChI is InChI=1S/C21H21BrFN3O2/c1-21(2,3)26-17-9-5-7-15(23)18(17)19(24-20(26)27)25-10-11-28-12-13-14(22)6-4-8-16(13)25/h4-9H,10-12H2,1-3H3. The van der Waals surface area contributed by atoms with Gasteiger partial charge in [0.25, 0.3) is 0 Å². The summed E-state index contributed by atoms with van der Waals surface area (Å²) in [7, 11) is 0. The molecule has 1 aliphatic heterocycles. The van der Waals surface area contributed by atoms with Crippen molar-refractivity contribution >= 4 is 38.3 Å². The zero-order valence-corrected chi connectivity index (χ0v) is 17.6. The van der Waals surface area contributed by atoms with Gasteiger partial charge in [-0.25, -0.2) is 9.18 Å². The average molecular weight is 446 g/mol. The van der Waals surface area contributed by atoms with Crippen LogP contribution in [-0.2, 0) is 16.9 Å². The molecule has 0 spiro atoms. The fraction of sp³-hybridized carbons (Fsp3) is 0.333. The molecular weight excluding hydrogens is 425 g/mol. The van der Waals surface area contributed by atoms with Gasteiger partial charge in [-0.05, 0) is 45.0 Å². The average Bonchev–Trinajstić information content (AvgIpc) is 2.83. The van der Waals surface area contributed by atoms with E-state index in [0.29, 0.717) is 36.5 Å². The molecular formula is C21H21BrFN3O2. The highest BCUT2D eigenvalue weighted by atomic mass is 79.9. The third-order valence-corrected chi connectivity index (χ3v) is 5.61. The number of benzene rings is 2. The summed E-state index contributed by atoms with van der Waals surface area (Å²) in [6.07, 6.45) is 0. The number of aromatic nitrogens is 2. The number of ether oxygens (including phenoxy) is 1. The van der Waals surface area contributed by atoms with Crippen LogP contribution in [0.3, 0.4) is 0 Å². The lowest BCUT2D eigenvalue weighted by Gasteiger charge is -2.29. The topological polar surface area (TPSA) is 47.4 Å². The quantitative estimate of drug-likeness (QED) is 0.543. The van der Waals surface area contributed by atoms with E-state index < -0.39 is 17.0 Å². The first-order valence-electron chi connectivity index (χ1n) is 9.13. The third-order valence-electron chi connectivity index (χ3n) is 4.87. The molecule has 0 amide bonds. The Labute approximate surface area is 170 Å². The van der Waals surface area contributed by atoms with E-state index in [-0.39, 0.29) is 0 Å². The summed E-state index contributed by atoms with van der Waals surface area (Å²) in [5.41, 5.74) is 1.41. The fourth-order valence-corrected chi connectivity index (χ4v) is 4.15. The number of rotatable bonds is 1. The van der Waals surface area contributed by atoms with Crippen LogP contribution in [0.4, 0.5) is 15.9 Å². The Morgan fingerprint density at radius 3 is 2.68 bits per heavy atom. The Hall–Kier alpha value is -2.25. The molecule has 4 rings (SSSR count). The van der Waals surface area contributed by atoms with E-state index in [9.17, 15) is 4.79 Å². The molecule has 1 aliphatic rings. The second-order valence-corrected chi connectivity index (χ2v) is 8.65. The maximum absolute atomic E-state index is 15.0. The molecule has 1 aromatic heterocycles. The molecule has 0 bridgehead atoms. The molecule has 0 saturated heterocycles. The highest BCUT2D eigenvalue weighted by Gasteiger charge is 2.27. The molecule has 28 heavy (non-hydrogen) atoms. The number of halogens is 2. The van der Waals surface area contributed by atoms with Gasteiger partial charge >= 0.3 is 5.69 Å². The van der Waals surface area contributed by atoms with E-state index in [1.165, 1.54) is 6.07 Å². The summed E-state index contributed by atoms with van der Waals surface area (Å²) < 4.78 is 23.2. The molecule has 2 heterocycles. The Kier molecular flexibility index (Phi) is 4.75. The van der Waals surface area contributed by atoms with Gasteiger partial charge in [-0.15, -0.1) is 0 Å². The molecule has 2 aromatic carbocycles. The summed E-state index contributed by atoms with van der Waals surface area (Å²) in [6.45, 7) is 7.08. The van der Waals surface area contributed by atoms with Crippen molar-refractivity contribution in [2.24, 2.45) is 0 Å². The molecule has 3 aromatic rings. The SMILES string of the molecule is CC(C)(C)n1c(=O)nc(N2CCOCc3c(Br)cccc32)c2c(F)cccc21. The van der Waals surface area contributed by atoms with Gasteiger partial charge in [0.2, 0.25) is 0 Å². The van der Waals surface area contributed by atoms with E-state index >= 15 is 4.39 Å². The maximum Gasteiger partial charge on any atom is 0.350 e. The summed E-state index contributed by atoms with van der Waals surface area (Å²) in [5.74, 6) is -0.0804. The van der Waals surface area contributed by atoms with Gasteiger partial charge in [0.1, 0.15) is 5.82 Å². The first kappa shape index (κ1) is 19.1. The summed E-state index contributed by atoms with van der Waals surface area (Å²) in [5, 5.41) is 0.338. The Morgan fingerprint density at radius 2 is 1.93 bits per heavy atom. The molecule has 146 valence electrons. The van der Waals surface area contributed by atoms with Crippen LogP contribution in [0.15, 0.2) is 45.7 Å². The lowest BCUT2D eigenvalue weighted by atomic mass is 10.1. The van der Waals surface area contributed by atoms with Gasteiger partial charge in [0.15, 0.2) is 5.82 Å². The molecule has 0 fully saturated rings. The van der Waals surface area contributed by atoms with Gasteiger partial charge in [-0.1, -0.05) is 28.1 Å². The van der Waals surface area contributed by atoms with E-state index in [4.69, 9.17) is 4.74 Å². The van der Waals surface area contributed by atoms with E-state index in [0.717, 1.165) is 15.7 Å². The Balaban J connectivity index is 2.07. The van der Waals surface area contributed by atoms with Crippen LogP contribution in [0.5, 0.6) is 0 Å². The van der Waals surface area contributed by atoms with Crippen molar-refractivity contribution in [3.8, 4) is 0 Å². The zero-order valence-electron chi connectivity index (χ0n) is 16.0. The van der Waals surface area contributed by atoms with Crippen LogP contribution in [0.2, 0.25) is 0 Å². The summed E-state index contributed by atoms with van der Waals surface area (Å²) in [6, 6.07) is 10.6. The van der Waals surface area contributed by atoms with Crippen LogP contribution in [-0.4, -0.2) is 22.7 Å². The second kappa shape index (κ2) is 6.97. The fourth-order valence-electron chi connectivity index (χ4n) is 3.68. The normalized spacial score (nSPS) is 14.8. The van der Waals surface area contributed by atoms with Crippen molar-refractivity contribution in [1.82, 2.24) is 9.55 Å². The van der Waals surface area contributed by atoms with Crippen LogP contribution in [0, 0.1) is 5.82 Å². The predicted molar refractivity (Wildman–Crippen MR) is 112 cm³/mol. The number of fused-ring (bicyclic) bond motifs is 2. The van der Waals surface area contributed by atoms with Gasteiger partial charge in [-0.3, -0.25) is 4.57 Å². The second-order valence-electron chi connectivity index (χ2n) is 7.80. The summed E-state index contributed by atoms with van der Waals surface area (Å²) in [4.78, 5) is 19.2. The number of nitrogens with zero attached hydrogens (tertiary/aromatic N) is 3. The first-order chi connectivity index (χ1) is 13.3. The maximum atomic E-state index is 15.0. The molecule has 0 radical (unpaired) electrons. The van der Waals surface area contributed by atoms with Crippen molar-refractivity contribution in [1.29, 1.82) is 0 Å². The minimum Gasteiger partial charge on any atom is -0.375 e. The minimum atomic E-state index is -0.530. The van der Waals surface area contributed by atoms with Gasteiger partial charge in [0, 0.05) is 27.8 Å². The highest BCUT2D eigenvalue weighted by molar-refractivity contribution is 9.10. The molecule has 0 aliphatic carbocycles. The third kappa shape index (κ3) is 3.12. The van der Waals surface area contributed by atoms with E-state index in [1.54, 1.807) is 16.7 Å². The minimum absolute atomic E-state index is 0.323. The lowest BCUT2D eigenvalue weighted by molar-refractivity contribution is 0.133. The van der Waals surface area contributed by atoms with Crippen molar-refractivity contribution in [3.63, 3.8) is 0 Å². The number of anilines is 2. The van der Waals surface area contributed by atoms with Crippen molar-refractivity contribution < 1.29 is 9.13 Å². The monoisotopic (exact) mass is 445 g/mol. The van der Waals surface area contributed by atoms with E-state index in [1.807, 2.05) is 43.9 Å². The van der Waals surface area contributed by atoms with Crippen LogP contribution < -0.4 is 10.6 Å². The molecule has 0 N–H and O–H groups in total. The molecule has 5 nitrogen and oxygen atoms in total. The smallest absolute Gasteiger partial charge is 0.350 e. The Morgan fingerprint density at radius 1 is 1.18 bits per heavy atom. The predicted octanol–water partition coefficient (Wildman–Crippen LogP) is 4.72. The van der Waals surface area contributed by atoms with Crippen LogP contribution in [0.1, 0.15) is 26.3 Å². The molecule has 0 atom stereocenters. The molecule has 0 unspecified atom stereocenters. The molecule has 0 saturated carbocycles. The van der Waals surface area contributed by atoms with Gasteiger partial charge in [0.05, 0.1) is 24.1 Å². The first-order valence-corrected chi connectivity index (χ1v) is 9.93. The largest absolute Gasteiger partial charge is 0.375 e. The van der Waals surface area contributed by atoms with Crippen LogP contribution in [0.25, 0.3) is 10.9 Å². The van der Waals surface area contributed by atoms with E-state index in [2.05, 4.69) is 20.9 Å². The van der Waals surface area contributed by atoms with Gasteiger partial charge < -0.3 is 9.64 Å². The number of hydrogen-bond donors (Lipinski definition) is 0. The van der Waals surface area contributed by atoms with Crippen LogP contribution >= 0.6 is 15.9 Å². The summed E-state index contributed by atoms with van der Waals surface area (Å²) >= 11 is 3.57.